The maximum Gasteiger partial charge on any atom is 0.0578 e. The van der Waals surface area contributed by atoms with Crippen LogP contribution in [0.2, 0.25) is 0 Å². The lowest BCUT2D eigenvalue weighted by molar-refractivity contribution is 0.185. The number of benzene rings is 1. The number of aryl methyl sites for hydroxylation is 1. The highest BCUT2D eigenvalue weighted by molar-refractivity contribution is 7.11. The fourth-order valence-corrected chi connectivity index (χ4v) is 5.48. The second-order valence-corrected chi connectivity index (χ2v) is 8.76. The van der Waals surface area contributed by atoms with E-state index in [1.54, 1.807) is 11.3 Å². The first-order chi connectivity index (χ1) is 13.2. The number of anilines is 1. The summed E-state index contributed by atoms with van der Waals surface area (Å²) < 4.78 is 0. The van der Waals surface area contributed by atoms with Crippen LogP contribution in [0.1, 0.15) is 35.8 Å². The molecule has 3 heterocycles. The van der Waals surface area contributed by atoms with Gasteiger partial charge in [0.2, 0.25) is 0 Å². The number of likely N-dealkylation sites (tertiary alicyclic amines) is 1. The standard InChI is InChI=1S/C23H31N3S/c1-4-18-5-6-21-22(20-10-14-27-23(20)16(2)25-21)19(18)9-13-26-11-7-17(8-12-26)15-24-3/h5-6,10,14,17,24-25H,2,4,7-9,11-13,15H2,1,3H3. The van der Waals surface area contributed by atoms with Gasteiger partial charge in [-0.3, -0.25) is 0 Å². The number of nitrogens with zero attached hydrogens (tertiary/aromatic N) is 1. The Kier molecular flexibility index (Phi) is 5.67. The Morgan fingerprint density at radius 1 is 1.26 bits per heavy atom. The van der Waals surface area contributed by atoms with E-state index in [1.165, 1.54) is 58.7 Å². The number of nitrogens with one attached hydrogen (secondary N) is 2. The number of piperidine rings is 1. The topological polar surface area (TPSA) is 27.3 Å². The zero-order valence-corrected chi connectivity index (χ0v) is 17.4. The van der Waals surface area contributed by atoms with E-state index in [-0.39, 0.29) is 0 Å². The molecule has 0 radical (unpaired) electrons. The van der Waals surface area contributed by atoms with E-state index in [0.717, 1.165) is 37.5 Å². The Hall–Kier alpha value is -1.62. The van der Waals surface area contributed by atoms with Crippen LogP contribution in [-0.2, 0) is 12.8 Å². The molecular formula is C23H31N3S. The highest BCUT2D eigenvalue weighted by atomic mass is 32.1. The number of rotatable bonds is 6. The van der Waals surface area contributed by atoms with Crippen molar-refractivity contribution in [2.75, 3.05) is 38.5 Å². The molecular weight excluding hydrogens is 350 g/mol. The third-order valence-electron chi connectivity index (χ3n) is 6.16. The molecule has 0 spiro atoms. The highest BCUT2D eigenvalue weighted by Crippen LogP contribution is 2.45. The van der Waals surface area contributed by atoms with Crippen LogP contribution in [0.4, 0.5) is 5.69 Å². The summed E-state index contributed by atoms with van der Waals surface area (Å²) in [4.78, 5) is 3.96. The summed E-state index contributed by atoms with van der Waals surface area (Å²) in [6.07, 6.45) is 4.87. The normalized spacial score (nSPS) is 17.5. The van der Waals surface area contributed by atoms with E-state index in [0.29, 0.717) is 0 Å². The fraction of sp³-hybridized carbons (Fsp3) is 0.478. The van der Waals surface area contributed by atoms with Crippen LogP contribution < -0.4 is 10.6 Å². The SMILES string of the molecule is C=C1Nc2ccc(CC)c(CCN3CCC(CNC)CC3)c2-c2ccsc21. The first kappa shape index (κ1) is 18.7. The highest BCUT2D eigenvalue weighted by Gasteiger charge is 2.25. The van der Waals surface area contributed by atoms with Crippen LogP contribution >= 0.6 is 11.3 Å². The molecule has 0 atom stereocenters. The smallest absolute Gasteiger partial charge is 0.0578 e. The molecule has 0 bridgehead atoms. The summed E-state index contributed by atoms with van der Waals surface area (Å²) in [5.74, 6) is 0.852. The van der Waals surface area contributed by atoms with Gasteiger partial charge in [0.25, 0.3) is 0 Å². The third-order valence-corrected chi connectivity index (χ3v) is 7.14. The molecule has 4 rings (SSSR count). The van der Waals surface area contributed by atoms with Gasteiger partial charge in [0, 0.05) is 29.1 Å². The van der Waals surface area contributed by atoms with E-state index in [1.807, 2.05) is 0 Å². The van der Waals surface area contributed by atoms with Crippen molar-refractivity contribution in [2.24, 2.45) is 5.92 Å². The molecule has 4 heteroatoms. The number of fused-ring (bicyclic) bond motifs is 3. The van der Waals surface area contributed by atoms with Crippen molar-refractivity contribution < 1.29 is 0 Å². The molecule has 1 fully saturated rings. The van der Waals surface area contributed by atoms with Crippen molar-refractivity contribution in [3.05, 3.63) is 46.2 Å². The van der Waals surface area contributed by atoms with Gasteiger partial charge in [-0.2, -0.15) is 0 Å². The molecule has 27 heavy (non-hydrogen) atoms. The van der Waals surface area contributed by atoms with Gasteiger partial charge < -0.3 is 15.5 Å². The van der Waals surface area contributed by atoms with Crippen LogP contribution in [0.3, 0.4) is 0 Å². The summed E-state index contributed by atoms with van der Waals surface area (Å²) in [5, 5.41) is 9.08. The minimum Gasteiger partial charge on any atom is -0.354 e. The van der Waals surface area contributed by atoms with Gasteiger partial charge in [0.1, 0.15) is 0 Å². The van der Waals surface area contributed by atoms with Gasteiger partial charge >= 0.3 is 0 Å². The fourth-order valence-electron chi connectivity index (χ4n) is 4.65. The van der Waals surface area contributed by atoms with Crippen LogP contribution in [-0.4, -0.2) is 38.1 Å². The zero-order valence-electron chi connectivity index (χ0n) is 16.6. The number of hydrogen-bond acceptors (Lipinski definition) is 4. The second kappa shape index (κ2) is 8.17. The molecule has 1 saturated heterocycles. The lowest BCUT2D eigenvalue weighted by Crippen LogP contribution is -2.37. The van der Waals surface area contributed by atoms with Crippen LogP contribution in [0.5, 0.6) is 0 Å². The van der Waals surface area contributed by atoms with Crippen molar-refractivity contribution in [3.63, 3.8) is 0 Å². The van der Waals surface area contributed by atoms with Crippen LogP contribution in [0.25, 0.3) is 16.8 Å². The Labute approximate surface area is 167 Å². The molecule has 2 aromatic rings. The minimum atomic E-state index is 0.852. The first-order valence-electron chi connectivity index (χ1n) is 10.3. The lowest BCUT2D eigenvalue weighted by atomic mass is 9.88. The van der Waals surface area contributed by atoms with Crippen molar-refractivity contribution in [1.82, 2.24) is 10.2 Å². The molecule has 1 aromatic heterocycles. The summed E-state index contributed by atoms with van der Waals surface area (Å²) in [5.41, 5.74) is 8.08. The Morgan fingerprint density at radius 3 is 2.81 bits per heavy atom. The van der Waals surface area contributed by atoms with Gasteiger partial charge in [0.15, 0.2) is 0 Å². The quantitative estimate of drug-likeness (QED) is 0.749. The Morgan fingerprint density at radius 2 is 2.07 bits per heavy atom. The predicted octanol–water partition coefficient (Wildman–Crippen LogP) is 4.85. The van der Waals surface area contributed by atoms with E-state index in [2.05, 4.69) is 59.7 Å². The van der Waals surface area contributed by atoms with E-state index in [9.17, 15) is 0 Å². The Bertz CT molecular complexity index is 815. The first-order valence-corrected chi connectivity index (χ1v) is 11.1. The predicted molar refractivity (Wildman–Crippen MR) is 119 cm³/mol. The molecule has 2 N–H and O–H groups in total. The van der Waals surface area contributed by atoms with Gasteiger partial charge in [-0.15, -0.1) is 11.3 Å². The summed E-state index contributed by atoms with van der Waals surface area (Å²) in [6, 6.07) is 6.83. The molecule has 2 aliphatic heterocycles. The Balaban J connectivity index is 1.55. The van der Waals surface area contributed by atoms with Crippen molar-refractivity contribution in [1.29, 1.82) is 0 Å². The zero-order chi connectivity index (χ0) is 18.8. The van der Waals surface area contributed by atoms with Gasteiger partial charge in [-0.25, -0.2) is 0 Å². The molecule has 0 unspecified atom stereocenters. The molecule has 2 aliphatic rings. The van der Waals surface area contributed by atoms with Gasteiger partial charge in [-0.1, -0.05) is 19.6 Å². The van der Waals surface area contributed by atoms with Crippen molar-refractivity contribution >= 4 is 22.7 Å². The summed E-state index contributed by atoms with van der Waals surface area (Å²) >= 11 is 1.79. The largest absolute Gasteiger partial charge is 0.354 e. The molecule has 0 amide bonds. The maximum absolute atomic E-state index is 4.23. The second-order valence-electron chi connectivity index (χ2n) is 7.84. The minimum absolute atomic E-state index is 0.852. The molecule has 3 nitrogen and oxygen atoms in total. The average Bonchev–Trinajstić information content (AvgIpc) is 3.18. The number of hydrogen-bond donors (Lipinski definition) is 2. The third kappa shape index (κ3) is 3.71. The molecule has 144 valence electrons. The van der Waals surface area contributed by atoms with E-state index in [4.69, 9.17) is 0 Å². The van der Waals surface area contributed by atoms with Crippen LogP contribution in [0, 0.1) is 5.92 Å². The van der Waals surface area contributed by atoms with Gasteiger partial charge in [0.05, 0.1) is 4.88 Å². The van der Waals surface area contributed by atoms with Crippen molar-refractivity contribution in [2.45, 2.75) is 32.6 Å². The van der Waals surface area contributed by atoms with E-state index >= 15 is 0 Å². The maximum atomic E-state index is 4.23. The van der Waals surface area contributed by atoms with E-state index < -0.39 is 0 Å². The van der Waals surface area contributed by atoms with Crippen LogP contribution in [0.15, 0.2) is 30.2 Å². The lowest BCUT2D eigenvalue weighted by Gasteiger charge is -2.32. The molecule has 1 aromatic carbocycles. The average molecular weight is 382 g/mol. The molecule has 0 aliphatic carbocycles. The summed E-state index contributed by atoms with van der Waals surface area (Å²) in [6.45, 7) is 11.3. The van der Waals surface area contributed by atoms with Crippen molar-refractivity contribution in [3.8, 4) is 11.1 Å². The van der Waals surface area contributed by atoms with Gasteiger partial charge in [-0.05, 0) is 86.9 Å². The monoisotopic (exact) mass is 381 g/mol. The summed E-state index contributed by atoms with van der Waals surface area (Å²) in [7, 11) is 2.07. The molecule has 0 saturated carbocycles. The number of thiophene rings is 1.